The van der Waals surface area contributed by atoms with Crippen LogP contribution in [0.4, 0.5) is 0 Å². The fourth-order valence-electron chi connectivity index (χ4n) is 4.26. The first kappa shape index (κ1) is 24.4. The van der Waals surface area contributed by atoms with Crippen molar-refractivity contribution in [1.82, 2.24) is 9.47 Å². The van der Waals surface area contributed by atoms with Crippen LogP contribution < -0.4 is 22.2 Å². The van der Waals surface area contributed by atoms with Gasteiger partial charge in [-0.3, -0.25) is 14.4 Å². The molecule has 0 saturated carbocycles. The number of rotatable bonds is 8. The van der Waals surface area contributed by atoms with Crippen LogP contribution >= 0.6 is 0 Å². The van der Waals surface area contributed by atoms with Crippen LogP contribution in [0.2, 0.25) is 0 Å². The Morgan fingerprint density at radius 1 is 0.861 bits per heavy atom. The number of amidine groups is 1. The summed E-state index contributed by atoms with van der Waals surface area (Å²) in [6, 6.07) is 20.7. The van der Waals surface area contributed by atoms with E-state index in [2.05, 4.69) is 9.67 Å². The number of aromatic nitrogens is 1. The first-order valence-corrected chi connectivity index (χ1v) is 11.0. The normalized spacial score (nSPS) is 11.6. The molecule has 36 heavy (non-hydrogen) atoms. The van der Waals surface area contributed by atoms with Crippen LogP contribution in [0.25, 0.3) is 21.8 Å². The average Bonchev–Trinajstić information content (AvgIpc) is 3.17. The van der Waals surface area contributed by atoms with Crippen molar-refractivity contribution < 1.29 is 35.1 Å². The number of nitrogens with one attached hydrogen (secondary N) is 1. The second-order valence-corrected chi connectivity index (χ2v) is 8.21. The predicted molar refractivity (Wildman–Crippen MR) is 132 cm³/mol. The third kappa shape index (κ3) is 4.87. The highest BCUT2D eigenvalue weighted by atomic mass is 16.4. The minimum absolute atomic E-state index is 0.212. The summed E-state index contributed by atoms with van der Waals surface area (Å²) < 4.78 is 2.16. The highest BCUT2D eigenvalue weighted by Crippen LogP contribution is 2.30. The number of carbonyl (C=O) groups is 3. The summed E-state index contributed by atoms with van der Waals surface area (Å²) in [4.78, 5) is 35.6. The number of hydrazine groups is 1. The molecule has 4 rings (SSSR count). The fourth-order valence-corrected chi connectivity index (χ4v) is 4.26. The van der Waals surface area contributed by atoms with E-state index >= 15 is 0 Å². The number of nitrogens with two attached hydrogens (primary N) is 3. The Balaban J connectivity index is 1.67. The first-order chi connectivity index (χ1) is 17.3. The van der Waals surface area contributed by atoms with Gasteiger partial charge in [-0.25, -0.2) is 5.84 Å². The Labute approximate surface area is 205 Å². The van der Waals surface area contributed by atoms with Gasteiger partial charge in [0, 0.05) is 33.9 Å². The monoisotopic (exact) mass is 490 g/mol. The van der Waals surface area contributed by atoms with E-state index in [4.69, 9.17) is 21.9 Å². The van der Waals surface area contributed by atoms with Gasteiger partial charge in [-0.2, -0.15) is 11.3 Å². The number of para-hydroxylation sites is 1. The van der Waals surface area contributed by atoms with Gasteiger partial charge in [-0.05, 0) is 42.0 Å². The number of nitrogen functional groups attached to an aromatic ring is 1. The summed E-state index contributed by atoms with van der Waals surface area (Å²) in [7, 11) is 0. The number of hydrogen-bond donors (Lipinski definition) is 6. The van der Waals surface area contributed by atoms with E-state index in [0.29, 0.717) is 12.4 Å². The largest absolute Gasteiger partial charge is 0.480 e. The minimum Gasteiger partial charge on any atom is -0.480 e. The number of amides is 1. The minimum atomic E-state index is -1.29. The molecule has 0 aliphatic carbocycles. The Hall–Kier alpha value is -4.74. The van der Waals surface area contributed by atoms with Crippen molar-refractivity contribution in [3.63, 3.8) is 0 Å². The van der Waals surface area contributed by atoms with Crippen LogP contribution in [0.5, 0.6) is 0 Å². The molecule has 0 aliphatic heterocycles. The SMILES string of the molecule is N/[NH+]=C(\[NH2+]N)c1ccc2c(c1)c1ccccc1n2Cc1ccc(C(=O)N(CC(=O)O)CC(=O)O)cc1. The summed E-state index contributed by atoms with van der Waals surface area (Å²) >= 11 is 0. The number of carbonyl (C=O) groups excluding carboxylic acids is 1. The lowest BCUT2D eigenvalue weighted by atomic mass is 10.1. The lowest BCUT2D eigenvalue weighted by Crippen LogP contribution is -3.06. The number of hydrazone groups is 1. The fraction of sp³-hybridized carbons (Fsp3) is 0.120. The van der Waals surface area contributed by atoms with Crippen molar-refractivity contribution in [3.8, 4) is 0 Å². The lowest BCUT2D eigenvalue weighted by molar-refractivity contribution is -0.625. The third-order valence-electron chi connectivity index (χ3n) is 5.89. The molecule has 1 heterocycles. The Kier molecular flexibility index (Phi) is 6.95. The molecule has 0 spiro atoms. The van der Waals surface area contributed by atoms with Crippen LogP contribution in [0, 0.1) is 0 Å². The topological polar surface area (TPSA) is 182 Å². The number of nitrogens with zero attached hydrogens (tertiary/aromatic N) is 2. The molecule has 0 unspecified atom stereocenters. The second kappa shape index (κ2) is 10.3. The summed E-state index contributed by atoms with van der Waals surface area (Å²) in [5.74, 6) is 8.65. The smallest absolute Gasteiger partial charge is 0.412 e. The van der Waals surface area contributed by atoms with Gasteiger partial charge < -0.3 is 19.7 Å². The van der Waals surface area contributed by atoms with Crippen molar-refractivity contribution >= 4 is 45.5 Å². The zero-order valence-electron chi connectivity index (χ0n) is 19.2. The van der Waals surface area contributed by atoms with Gasteiger partial charge in [0.15, 0.2) is 0 Å². The molecule has 0 atom stereocenters. The highest BCUT2D eigenvalue weighted by Gasteiger charge is 2.21. The summed E-state index contributed by atoms with van der Waals surface area (Å²) in [5, 5.41) is 22.7. The van der Waals surface area contributed by atoms with Gasteiger partial charge in [-0.15, -0.1) is 0 Å². The van der Waals surface area contributed by atoms with Gasteiger partial charge in [-0.1, -0.05) is 35.4 Å². The van der Waals surface area contributed by atoms with Crippen LogP contribution in [-0.4, -0.2) is 56.5 Å². The molecule has 184 valence electrons. The first-order valence-electron chi connectivity index (χ1n) is 11.0. The molecule has 0 saturated heterocycles. The van der Waals surface area contributed by atoms with Crippen molar-refractivity contribution in [2.75, 3.05) is 13.1 Å². The number of fused-ring (bicyclic) bond motifs is 3. The number of aliphatic carboxylic acids is 2. The Bertz CT molecular complexity index is 1480. The predicted octanol–water partition coefficient (Wildman–Crippen LogP) is -1.41. The average molecular weight is 491 g/mol. The van der Waals surface area contributed by atoms with Crippen molar-refractivity contribution in [2.45, 2.75) is 6.54 Å². The number of carboxylic acids is 2. The number of carboxylic acid groups (broad SMARTS) is 2. The van der Waals surface area contributed by atoms with Crippen LogP contribution in [0.3, 0.4) is 0 Å². The maximum atomic E-state index is 12.7. The van der Waals surface area contributed by atoms with E-state index in [1.165, 1.54) is 5.43 Å². The van der Waals surface area contributed by atoms with Gasteiger partial charge in [0.1, 0.15) is 18.7 Å². The van der Waals surface area contributed by atoms with Gasteiger partial charge >= 0.3 is 17.8 Å². The van der Waals surface area contributed by atoms with E-state index in [9.17, 15) is 14.4 Å². The summed E-state index contributed by atoms with van der Waals surface area (Å²) in [6.45, 7) is -0.881. The number of quaternary nitrogens is 1. The summed E-state index contributed by atoms with van der Waals surface area (Å²) in [6.07, 6.45) is 0. The standard InChI is InChI=1S/C25H24N6O5/c26-28-24(29-27)17-9-10-21-19(11-17)18-3-1-2-4-20(18)31(21)12-15-5-7-16(8-6-15)25(36)30(13-22(32)33)14-23(34)35/h1-11H,12-14,26-27H2,(H,28,29)(H,32,33)(H,34,35)/p+2. The molecule has 1 aromatic heterocycles. The number of benzene rings is 3. The zero-order chi connectivity index (χ0) is 25.8. The third-order valence-corrected chi connectivity index (χ3v) is 5.89. The molecule has 9 N–H and O–H groups in total. The van der Waals surface area contributed by atoms with Crippen molar-refractivity contribution in [3.05, 3.63) is 83.4 Å². The van der Waals surface area contributed by atoms with Crippen molar-refractivity contribution in [2.24, 2.45) is 11.7 Å². The molecule has 11 nitrogen and oxygen atoms in total. The summed E-state index contributed by atoms with van der Waals surface area (Å²) in [5.41, 5.74) is 5.42. The molecule has 0 bridgehead atoms. The van der Waals surface area contributed by atoms with Crippen LogP contribution in [0.1, 0.15) is 21.5 Å². The molecule has 0 radical (unpaired) electrons. The van der Waals surface area contributed by atoms with E-state index in [1.807, 2.05) is 42.5 Å². The van der Waals surface area contributed by atoms with E-state index in [1.54, 1.807) is 24.3 Å². The van der Waals surface area contributed by atoms with Gasteiger partial charge in [0.25, 0.3) is 5.91 Å². The van der Waals surface area contributed by atoms with E-state index in [0.717, 1.165) is 37.8 Å². The van der Waals surface area contributed by atoms with Crippen LogP contribution in [-0.2, 0) is 16.1 Å². The van der Waals surface area contributed by atoms with Crippen LogP contribution in [0.15, 0.2) is 66.7 Å². The molecular weight excluding hydrogens is 464 g/mol. The maximum absolute atomic E-state index is 12.7. The van der Waals surface area contributed by atoms with Gasteiger partial charge in [0.05, 0.1) is 0 Å². The highest BCUT2D eigenvalue weighted by molar-refractivity contribution is 6.10. The maximum Gasteiger partial charge on any atom is 0.412 e. The molecule has 0 fully saturated rings. The Morgan fingerprint density at radius 2 is 1.47 bits per heavy atom. The van der Waals surface area contributed by atoms with Gasteiger partial charge in [0.2, 0.25) is 0 Å². The number of hydrogen-bond acceptors (Lipinski definition) is 5. The molecular formula is C25H26N6O5+2. The Morgan fingerprint density at radius 3 is 2.08 bits per heavy atom. The molecule has 4 aromatic rings. The zero-order valence-corrected chi connectivity index (χ0v) is 19.2. The second-order valence-electron chi connectivity index (χ2n) is 8.21. The van der Waals surface area contributed by atoms with E-state index in [-0.39, 0.29) is 5.56 Å². The molecule has 1 amide bonds. The molecule has 0 aliphatic rings. The van der Waals surface area contributed by atoms with E-state index < -0.39 is 30.9 Å². The quantitative estimate of drug-likeness (QED) is 0.0759. The lowest BCUT2D eigenvalue weighted by Gasteiger charge is -2.18. The molecule has 11 heteroatoms. The molecule has 3 aromatic carbocycles. The van der Waals surface area contributed by atoms with Crippen molar-refractivity contribution in [1.29, 1.82) is 0 Å².